The molecule has 4 N–H and O–H groups in total. The van der Waals surface area contributed by atoms with Crippen LogP contribution >= 0.6 is 36.4 Å². The van der Waals surface area contributed by atoms with E-state index in [1.807, 2.05) is 12.1 Å². The molecule has 3 heterocycles. The molecule has 1 saturated heterocycles. The molecular weight excluding hydrogens is 451 g/mol. The van der Waals surface area contributed by atoms with Crippen molar-refractivity contribution >= 4 is 59.3 Å². The zero-order valence-electron chi connectivity index (χ0n) is 16.0. The number of hydrogen-bond donors (Lipinski definition) is 3. The molecule has 0 unspecified atom stereocenters. The molecule has 0 spiro atoms. The number of amides is 1. The molecule has 0 aliphatic carbocycles. The number of aromatic hydroxyl groups is 1. The third-order valence-corrected chi connectivity index (χ3v) is 5.32. The summed E-state index contributed by atoms with van der Waals surface area (Å²) in [4.78, 5) is 19.2. The molecule has 1 aliphatic heterocycles. The number of aromatic nitrogens is 3. The van der Waals surface area contributed by atoms with Crippen molar-refractivity contribution in [3.05, 3.63) is 47.4 Å². The number of hydrogen-bond acceptors (Lipinski definition) is 6. The summed E-state index contributed by atoms with van der Waals surface area (Å²) in [5.41, 5.74) is 8.03. The van der Waals surface area contributed by atoms with Crippen molar-refractivity contribution in [2.45, 2.75) is 12.8 Å². The van der Waals surface area contributed by atoms with Crippen molar-refractivity contribution in [3.63, 3.8) is 0 Å². The Hall–Kier alpha value is -2.26. The minimum absolute atomic E-state index is 0. The Morgan fingerprint density at radius 2 is 2.00 bits per heavy atom. The van der Waals surface area contributed by atoms with Crippen LogP contribution in [0.4, 0.5) is 11.4 Å². The van der Waals surface area contributed by atoms with Crippen LogP contribution < -0.4 is 16.0 Å². The van der Waals surface area contributed by atoms with Crippen molar-refractivity contribution in [2.75, 3.05) is 29.9 Å². The highest BCUT2D eigenvalue weighted by Gasteiger charge is 2.22. The molecule has 1 amide bonds. The van der Waals surface area contributed by atoms with Crippen molar-refractivity contribution in [1.29, 1.82) is 0 Å². The maximum Gasteiger partial charge on any atom is 0.261 e. The van der Waals surface area contributed by atoms with Gasteiger partial charge in [0.2, 0.25) is 0 Å². The third-order valence-electron chi connectivity index (χ3n) is 5.08. The van der Waals surface area contributed by atoms with E-state index in [4.69, 9.17) is 17.3 Å². The van der Waals surface area contributed by atoms with Crippen molar-refractivity contribution in [1.82, 2.24) is 14.6 Å². The number of rotatable bonds is 4. The van der Waals surface area contributed by atoms with Crippen molar-refractivity contribution in [2.24, 2.45) is 11.7 Å². The van der Waals surface area contributed by atoms with Crippen LogP contribution in [0, 0.1) is 5.92 Å². The summed E-state index contributed by atoms with van der Waals surface area (Å²) in [7, 11) is 0. The maximum atomic E-state index is 12.9. The van der Waals surface area contributed by atoms with Crippen molar-refractivity contribution in [3.8, 4) is 5.75 Å². The molecular formula is C19H23Cl3N6O2. The Kier molecular flexibility index (Phi) is 8.14. The fourth-order valence-electron chi connectivity index (χ4n) is 3.51. The van der Waals surface area contributed by atoms with Gasteiger partial charge in [-0.25, -0.2) is 9.50 Å². The van der Waals surface area contributed by atoms with Gasteiger partial charge in [0.1, 0.15) is 5.56 Å². The molecule has 1 fully saturated rings. The van der Waals surface area contributed by atoms with Crippen LogP contribution in [-0.2, 0) is 0 Å². The van der Waals surface area contributed by atoms with Crippen LogP contribution in [-0.4, -0.2) is 45.2 Å². The normalized spacial score (nSPS) is 14.1. The quantitative estimate of drug-likeness (QED) is 0.536. The second-order valence-electron chi connectivity index (χ2n) is 6.92. The minimum Gasteiger partial charge on any atom is -0.505 e. The number of nitrogens with one attached hydrogen (secondary N) is 1. The van der Waals surface area contributed by atoms with Crippen LogP contribution in [0.25, 0.3) is 5.65 Å². The van der Waals surface area contributed by atoms with Gasteiger partial charge in [-0.3, -0.25) is 4.79 Å². The molecule has 3 aromatic rings. The van der Waals surface area contributed by atoms with E-state index in [1.165, 1.54) is 23.1 Å². The van der Waals surface area contributed by atoms with Gasteiger partial charge in [0.25, 0.3) is 5.91 Å². The lowest BCUT2D eigenvalue weighted by Crippen LogP contribution is -2.36. The van der Waals surface area contributed by atoms with Gasteiger partial charge < -0.3 is 21.1 Å². The molecule has 0 atom stereocenters. The van der Waals surface area contributed by atoms with E-state index in [1.54, 1.807) is 6.07 Å². The number of fused-ring (bicyclic) bond motifs is 1. The van der Waals surface area contributed by atoms with Gasteiger partial charge in [0.15, 0.2) is 11.4 Å². The van der Waals surface area contributed by atoms with E-state index < -0.39 is 0 Å². The lowest BCUT2D eigenvalue weighted by atomic mass is 9.96. The van der Waals surface area contributed by atoms with Crippen LogP contribution in [0.1, 0.15) is 23.2 Å². The van der Waals surface area contributed by atoms with E-state index in [9.17, 15) is 9.90 Å². The zero-order valence-corrected chi connectivity index (χ0v) is 18.4. The smallest absolute Gasteiger partial charge is 0.261 e. The minimum atomic E-state index is -0.339. The lowest BCUT2D eigenvalue weighted by molar-refractivity contribution is 0.102. The highest BCUT2D eigenvalue weighted by atomic mass is 35.5. The molecule has 0 saturated carbocycles. The Morgan fingerprint density at radius 3 is 2.70 bits per heavy atom. The standard InChI is InChI=1S/C19H21ClN6O2.2ClH/c20-13-1-2-17(25-5-3-12(8-21)4-6-25)16(7-13)24-19(28)15-10-23-26-11-14(27)9-22-18(15)26;;/h1-2,7,9-12,27H,3-6,8,21H2,(H,24,28);2*1H. The number of piperidine rings is 1. The van der Waals surface area contributed by atoms with E-state index >= 15 is 0 Å². The predicted molar refractivity (Wildman–Crippen MR) is 123 cm³/mol. The molecule has 0 bridgehead atoms. The Labute approximate surface area is 191 Å². The van der Waals surface area contributed by atoms with Crippen LogP contribution in [0.5, 0.6) is 5.75 Å². The summed E-state index contributed by atoms with van der Waals surface area (Å²) in [6.07, 6.45) is 6.14. The fourth-order valence-corrected chi connectivity index (χ4v) is 3.68. The first-order valence-electron chi connectivity index (χ1n) is 9.13. The molecule has 30 heavy (non-hydrogen) atoms. The van der Waals surface area contributed by atoms with E-state index in [0.717, 1.165) is 31.6 Å². The molecule has 0 radical (unpaired) electrons. The van der Waals surface area contributed by atoms with Crippen LogP contribution in [0.15, 0.2) is 36.8 Å². The first-order chi connectivity index (χ1) is 13.5. The molecule has 4 rings (SSSR count). The highest BCUT2D eigenvalue weighted by molar-refractivity contribution is 6.31. The predicted octanol–water partition coefficient (Wildman–Crippen LogP) is 3.36. The fraction of sp³-hybridized carbons (Fsp3) is 0.316. The van der Waals surface area contributed by atoms with Gasteiger partial charge in [-0.1, -0.05) is 11.6 Å². The molecule has 1 aliphatic rings. The first kappa shape index (κ1) is 24.0. The van der Waals surface area contributed by atoms with Gasteiger partial charge in [0, 0.05) is 18.1 Å². The van der Waals surface area contributed by atoms with Crippen LogP contribution in [0.2, 0.25) is 5.02 Å². The number of halogens is 3. The van der Waals surface area contributed by atoms with Gasteiger partial charge in [-0.05, 0) is 43.5 Å². The van der Waals surface area contributed by atoms with E-state index in [2.05, 4.69) is 20.3 Å². The summed E-state index contributed by atoms with van der Waals surface area (Å²) in [5, 5.41) is 17.1. The average Bonchev–Trinajstić information content (AvgIpc) is 3.11. The Bertz CT molecular complexity index is 1020. The summed E-state index contributed by atoms with van der Waals surface area (Å²) in [6.45, 7) is 2.46. The Morgan fingerprint density at radius 1 is 1.27 bits per heavy atom. The number of carbonyl (C=O) groups excluding carboxylic acids is 1. The number of nitrogens with zero attached hydrogens (tertiary/aromatic N) is 4. The number of anilines is 2. The molecule has 1 aromatic carbocycles. The lowest BCUT2D eigenvalue weighted by Gasteiger charge is -2.34. The highest BCUT2D eigenvalue weighted by Crippen LogP contribution is 2.32. The van der Waals surface area contributed by atoms with Crippen molar-refractivity contribution < 1.29 is 9.90 Å². The first-order valence-corrected chi connectivity index (χ1v) is 9.51. The summed E-state index contributed by atoms with van der Waals surface area (Å²) >= 11 is 6.18. The molecule has 162 valence electrons. The van der Waals surface area contributed by atoms with E-state index in [0.29, 0.717) is 34.4 Å². The zero-order chi connectivity index (χ0) is 19.7. The number of carbonyl (C=O) groups is 1. The monoisotopic (exact) mass is 472 g/mol. The molecule has 2 aromatic heterocycles. The van der Waals surface area contributed by atoms with Gasteiger partial charge in [0.05, 0.1) is 30.0 Å². The molecule has 8 nitrogen and oxygen atoms in total. The summed E-state index contributed by atoms with van der Waals surface area (Å²) < 4.78 is 1.36. The second kappa shape index (κ2) is 10.2. The average molecular weight is 474 g/mol. The maximum absolute atomic E-state index is 12.9. The van der Waals surface area contributed by atoms with E-state index in [-0.39, 0.29) is 36.5 Å². The SMILES string of the molecule is Cl.Cl.NCC1CCN(c2ccc(Cl)cc2NC(=O)c2cnn3cc(O)cnc23)CC1. The van der Waals surface area contributed by atoms with Crippen LogP contribution in [0.3, 0.4) is 0 Å². The summed E-state index contributed by atoms with van der Waals surface area (Å²) in [5.74, 6) is 0.178. The van der Waals surface area contributed by atoms with Gasteiger partial charge >= 0.3 is 0 Å². The Balaban J connectivity index is 0.00000160. The topological polar surface area (TPSA) is 109 Å². The third kappa shape index (κ3) is 4.89. The summed E-state index contributed by atoms with van der Waals surface area (Å²) in [6, 6.07) is 5.49. The molecule has 11 heteroatoms. The number of nitrogens with two attached hydrogens (primary N) is 1. The number of benzene rings is 1. The second-order valence-corrected chi connectivity index (χ2v) is 7.36. The largest absolute Gasteiger partial charge is 0.505 e. The van der Waals surface area contributed by atoms with Gasteiger partial charge in [-0.2, -0.15) is 5.10 Å². The van der Waals surface area contributed by atoms with Gasteiger partial charge in [-0.15, -0.1) is 24.8 Å².